The van der Waals surface area contributed by atoms with Gasteiger partial charge in [-0.05, 0) is 25.3 Å². The summed E-state index contributed by atoms with van der Waals surface area (Å²) >= 11 is 0. The number of rotatable bonds is 6. The van der Waals surface area contributed by atoms with Gasteiger partial charge in [-0.2, -0.15) is 0 Å². The Morgan fingerprint density at radius 2 is 2.12 bits per heavy atom. The second kappa shape index (κ2) is 6.62. The van der Waals surface area contributed by atoms with Gasteiger partial charge in [-0.15, -0.1) is 0 Å². The number of amides is 1. The van der Waals surface area contributed by atoms with Crippen molar-refractivity contribution >= 4 is 15.9 Å². The summed E-state index contributed by atoms with van der Waals surface area (Å²) in [5, 5.41) is 0. The molecule has 26 heavy (non-hydrogen) atoms. The van der Waals surface area contributed by atoms with E-state index in [9.17, 15) is 13.2 Å². The fourth-order valence-electron chi connectivity index (χ4n) is 4.86. The van der Waals surface area contributed by atoms with Crippen molar-refractivity contribution in [3.63, 3.8) is 0 Å². The van der Waals surface area contributed by atoms with Crippen LogP contribution < -0.4 is 4.72 Å². The number of carbonyl (C=O) groups excluding carboxylic acids is 1. The first-order chi connectivity index (χ1) is 12.4. The highest BCUT2D eigenvalue weighted by molar-refractivity contribution is 7.89. The van der Waals surface area contributed by atoms with E-state index in [4.69, 9.17) is 4.74 Å². The van der Waals surface area contributed by atoms with Crippen molar-refractivity contribution in [3.05, 3.63) is 35.9 Å². The number of sulfonamides is 1. The molecule has 142 valence electrons. The molecule has 0 radical (unpaired) electrons. The number of ether oxygens (including phenoxy) is 1. The molecule has 4 atom stereocenters. The Labute approximate surface area is 155 Å². The molecule has 3 aliphatic rings. The van der Waals surface area contributed by atoms with Crippen LogP contribution in [0.2, 0.25) is 0 Å². The maximum atomic E-state index is 12.7. The maximum absolute atomic E-state index is 12.7. The topological polar surface area (TPSA) is 75.7 Å². The summed E-state index contributed by atoms with van der Waals surface area (Å²) in [6.07, 6.45) is 2.44. The monoisotopic (exact) mass is 378 g/mol. The van der Waals surface area contributed by atoms with Gasteiger partial charge >= 0.3 is 0 Å². The molecule has 1 aromatic carbocycles. The average Bonchev–Trinajstić information content (AvgIpc) is 3.29. The van der Waals surface area contributed by atoms with Crippen LogP contribution >= 0.6 is 0 Å². The summed E-state index contributed by atoms with van der Waals surface area (Å²) in [7, 11) is -3.21. The Kier molecular flexibility index (Phi) is 4.57. The fourth-order valence-corrected chi connectivity index (χ4v) is 5.51. The Bertz CT molecular complexity index is 782. The fraction of sp³-hybridized carbons (Fsp3) is 0.632. The predicted molar refractivity (Wildman–Crippen MR) is 98.0 cm³/mol. The van der Waals surface area contributed by atoms with Crippen molar-refractivity contribution in [1.82, 2.24) is 9.62 Å². The van der Waals surface area contributed by atoms with Gasteiger partial charge in [-0.1, -0.05) is 30.3 Å². The molecule has 1 amide bonds. The average molecular weight is 378 g/mol. The van der Waals surface area contributed by atoms with Gasteiger partial charge in [0.25, 0.3) is 0 Å². The Morgan fingerprint density at radius 1 is 1.35 bits per heavy atom. The Hall–Kier alpha value is -1.44. The normalized spacial score (nSPS) is 32.8. The van der Waals surface area contributed by atoms with E-state index in [1.54, 1.807) is 6.92 Å². The molecule has 0 saturated carbocycles. The molecule has 3 saturated heterocycles. The smallest absolute Gasteiger partial charge is 0.227 e. The number of hydrogen-bond donors (Lipinski definition) is 1. The summed E-state index contributed by atoms with van der Waals surface area (Å²) in [4.78, 5) is 14.7. The maximum Gasteiger partial charge on any atom is 0.227 e. The van der Waals surface area contributed by atoms with E-state index in [2.05, 4.69) is 4.72 Å². The third-order valence-electron chi connectivity index (χ3n) is 6.25. The van der Waals surface area contributed by atoms with Crippen LogP contribution in [0.3, 0.4) is 0 Å². The number of fused-ring (bicyclic) bond motifs is 1. The third-order valence-corrected chi connectivity index (χ3v) is 7.62. The molecular weight excluding hydrogens is 352 g/mol. The molecule has 6 nitrogen and oxygen atoms in total. The predicted octanol–water partition coefficient (Wildman–Crippen LogP) is 1.17. The van der Waals surface area contributed by atoms with Crippen LogP contribution in [0.25, 0.3) is 0 Å². The molecule has 0 aromatic heterocycles. The summed E-state index contributed by atoms with van der Waals surface area (Å²) in [5.74, 6) is 0.586. The highest BCUT2D eigenvalue weighted by Gasteiger charge is 2.63. The van der Waals surface area contributed by atoms with Gasteiger partial charge in [0.2, 0.25) is 15.9 Å². The highest BCUT2D eigenvalue weighted by Crippen LogP contribution is 2.54. The number of nitrogens with zero attached hydrogens (tertiary/aromatic N) is 1. The van der Waals surface area contributed by atoms with Crippen LogP contribution in [0.1, 0.15) is 25.3 Å². The zero-order valence-electron chi connectivity index (χ0n) is 15.1. The van der Waals surface area contributed by atoms with Crippen molar-refractivity contribution < 1.29 is 17.9 Å². The minimum absolute atomic E-state index is 0.0861. The second-order valence-electron chi connectivity index (χ2n) is 7.72. The van der Waals surface area contributed by atoms with Gasteiger partial charge in [0.05, 0.1) is 30.4 Å². The van der Waals surface area contributed by atoms with Gasteiger partial charge in [0.15, 0.2) is 0 Å². The van der Waals surface area contributed by atoms with Crippen LogP contribution in [0.15, 0.2) is 30.3 Å². The lowest BCUT2D eigenvalue weighted by atomic mass is 9.74. The van der Waals surface area contributed by atoms with Crippen molar-refractivity contribution in [2.45, 2.75) is 37.9 Å². The van der Waals surface area contributed by atoms with Gasteiger partial charge in [-0.3, -0.25) is 4.79 Å². The lowest BCUT2D eigenvalue weighted by molar-refractivity contribution is -0.131. The number of benzene rings is 1. The minimum atomic E-state index is -3.21. The zero-order valence-corrected chi connectivity index (χ0v) is 15.9. The highest BCUT2D eigenvalue weighted by atomic mass is 32.2. The Balaban J connectivity index is 1.44. The molecule has 1 N–H and O–H groups in total. The van der Waals surface area contributed by atoms with E-state index in [0.717, 1.165) is 18.4 Å². The molecule has 3 fully saturated rings. The SMILES string of the molecule is CCS(=O)(=O)NC[C@H]1[C@H]2CN(C(=O)Cc3ccccc3)C[C@]23CC[C@H]1O3. The first-order valence-corrected chi connectivity index (χ1v) is 11.0. The molecule has 0 aliphatic carbocycles. The van der Waals surface area contributed by atoms with E-state index >= 15 is 0 Å². The third kappa shape index (κ3) is 3.17. The molecule has 4 rings (SSSR count). The molecule has 2 bridgehead atoms. The van der Waals surface area contributed by atoms with Crippen LogP contribution in [0.4, 0.5) is 0 Å². The molecule has 3 heterocycles. The lowest BCUT2D eigenvalue weighted by Gasteiger charge is -2.29. The first kappa shape index (κ1) is 17.9. The molecule has 1 spiro atoms. The van der Waals surface area contributed by atoms with Gasteiger partial charge in [-0.25, -0.2) is 13.1 Å². The zero-order chi connectivity index (χ0) is 18.4. The summed E-state index contributed by atoms with van der Waals surface area (Å²) in [5.41, 5.74) is 0.754. The van der Waals surface area contributed by atoms with Crippen molar-refractivity contribution in [2.75, 3.05) is 25.4 Å². The quantitative estimate of drug-likeness (QED) is 0.806. The van der Waals surface area contributed by atoms with Crippen LogP contribution in [-0.2, 0) is 26.0 Å². The summed E-state index contributed by atoms with van der Waals surface area (Å²) in [6.45, 7) is 3.35. The molecule has 7 heteroatoms. The van der Waals surface area contributed by atoms with Crippen molar-refractivity contribution in [2.24, 2.45) is 11.8 Å². The number of hydrogen-bond acceptors (Lipinski definition) is 4. The van der Waals surface area contributed by atoms with E-state index in [1.807, 2.05) is 35.2 Å². The second-order valence-corrected chi connectivity index (χ2v) is 9.81. The summed E-state index contributed by atoms with van der Waals surface area (Å²) in [6, 6.07) is 9.78. The Morgan fingerprint density at radius 3 is 2.85 bits per heavy atom. The number of likely N-dealkylation sites (tertiary alicyclic amines) is 1. The molecule has 3 aliphatic heterocycles. The van der Waals surface area contributed by atoms with Gasteiger partial charge < -0.3 is 9.64 Å². The van der Waals surface area contributed by atoms with Crippen molar-refractivity contribution in [3.8, 4) is 0 Å². The van der Waals surface area contributed by atoms with E-state index in [-0.39, 0.29) is 35.2 Å². The van der Waals surface area contributed by atoms with Crippen LogP contribution in [-0.4, -0.2) is 56.3 Å². The minimum Gasteiger partial charge on any atom is -0.369 e. The number of nitrogens with one attached hydrogen (secondary N) is 1. The lowest BCUT2D eigenvalue weighted by Crippen LogP contribution is -2.42. The van der Waals surface area contributed by atoms with E-state index in [0.29, 0.717) is 26.1 Å². The standard InChI is InChI=1S/C19H26N2O4S/c1-2-26(23,24)20-11-15-16-12-21(13-19(16)9-8-17(15)25-19)18(22)10-14-6-4-3-5-7-14/h3-7,15-17,20H,2,8-13H2,1H3/t15-,16+,17+,19+/m0/s1. The molecule has 0 unspecified atom stereocenters. The van der Waals surface area contributed by atoms with E-state index < -0.39 is 10.0 Å². The number of carbonyl (C=O) groups is 1. The van der Waals surface area contributed by atoms with Crippen molar-refractivity contribution in [1.29, 1.82) is 0 Å². The van der Waals surface area contributed by atoms with E-state index in [1.165, 1.54) is 0 Å². The molecular formula is C19H26N2O4S. The van der Waals surface area contributed by atoms with Gasteiger partial charge in [0, 0.05) is 24.9 Å². The molecule has 1 aromatic rings. The van der Waals surface area contributed by atoms with Gasteiger partial charge in [0.1, 0.15) is 0 Å². The van der Waals surface area contributed by atoms with Crippen LogP contribution in [0.5, 0.6) is 0 Å². The largest absolute Gasteiger partial charge is 0.369 e. The van der Waals surface area contributed by atoms with Crippen LogP contribution in [0, 0.1) is 11.8 Å². The first-order valence-electron chi connectivity index (χ1n) is 9.39. The summed E-state index contributed by atoms with van der Waals surface area (Å²) < 4.78 is 32.6.